The molecule has 0 aliphatic carbocycles. The summed E-state index contributed by atoms with van der Waals surface area (Å²) in [5.41, 5.74) is 2.28. The molecular formula is C27H21ClN2O5S2. The van der Waals surface area contributed by atoms with Crippen molar-refractivity contribution in [2.45, 2.75) is 18.2 Å². The van der Waals surface area contributed by atoms with E-state index in [0.717, 1.165) is 20.9 Å². The van der Waals surface area contributed by atoms with Crippen molar-refractivity contribution in [1.29, 1.82) is 0 Å². The summed E-state index contributed by atoms with van der Waals surface area (Å²) in [6, 6.07) is 19.4. The minimum atomic E-state index is -3.93. The minimum Gasteiger partial charge on any atom is -0.478 e. The first-order chi connectivity index (χ1) is 17.6. The molecule has 0 bridgehead atoms. The quantitative estimate of drug-likeness (QED) is 0.302. The zero-order valence-electron chi connectivity index (χ0n) is 19.6. The van der Waals surface area contributed by atoms with Gasteiger partial charge in [-0.3, -0.25) is 9.10 Å². The number of nitrogens with zero attached hydrogens (tertiary/aromatic N) is 1. The van der Waals surface area contributed by atoms with Crippen LogP contribution in [-0.4, -0.2) is 31.9 Å². The molecule has 2 heterocycles. The molecule has 1 aromatic heterocycles. The molecule has 10 heteroatoms. The Morgan fingerprint density at radius 3 is 2.57 bits per heavy atom. The average Bonchev–Trinajstić information content (AvgIpc) is 3.50. The Hall–Kier alpha value is -3.66. The highest BCUT2D eigenvalue weighted by Gasteiger charge is 2.31. The third-order valence-electron chi connectivity index (χ3n) is 6.10. The van der Waals surface area contributed by atoms with Gasteiger partial charge in [0.25, 0.3) is 15.9 Å². The molecule has 0 saturated carbocycles. The van der Waals surface area contributed by atoms with E-state index < -0.39 is 21.9 Å². The van der Waals surface area contributed by atoms with E-state index in [-0.39, 0.29) is 28.3 Å². The van der Waals surface area contributed by atoms with Gasteiger partial charge in [-0.25, -0.2) is 13.2 Å². The molecule has 1 aliphatic heterocycles. The monoisotopic (exact) mass is 552 g/mol. The van der Waals surface area contributed by atoms with Crippen LogP contribution in [0.4, 0.5) is 11.4 Å². The number of hydrogen-bond acceptors (Lipinski definition) is 5. The van der Waals surface area contributed by atoms with E-state index >= 15 is 0 Å². The molecule has 0 atom stereocenters. The average molecular weight is 553 g/mol. The van der Waals surface area contributed by atoms with Gasteiger partial charge < -0.3 is 10.4 Å². The predicted octanol–water partition coefficient (Wildman–Crippen LogP) is 6.08. The fraction of sp³-hybridized carbons (Fsp3) is 0.111. The second kappa shape index (κ2) is 9.66. The van der Waals surface area contributed by atoms with E-state index in [1.165, 1.54) is 34.6 Å². The molecule has 7 nitrogen and oxygen atoms in total. The lowest BCUT2D eigenvalue weighted by Crippen LogP contribution is -2.29. The van der Waals surface area contributed by atoms with Gasteiger partial charge in [0.1, 0.15) is 0 Å². The first-order valence-electron chi connectivity index (χ1n) is 11.3. The summed E-state index contributed by atoms with van der Waals surface area (Å²) in [7, 11) is -3.93. The molecule has 1 aliphatic rings. The third kappa shape index (κ3) is 4.85. The topological polar surface area (TPSA) is 104 Å². The number of amides is 1. The summed E-state index contributed by atoms with van der Waals surface area (Å²) in [6.07, 6.45) is 0.536. The molecule has 37 heavy (non-hydrogen) atoms. The number of rotatable bonds is 6. The summed E-state index contributed by atoms with van der Waals surface area (Å²) in [4.78, 5) is 27.0. The fourth-order valence-corrected chi connectivity index (χ4v) is 6.89. The SMILES string of the molecule is Cc1ccc(-c2ccc(NC(=O)c3cccc(S(=O)(=O)N4CCc5cc(Cl)ccc54)c3)c(C(=O)O)c2)s1. The van der Waals surface area contributed by atoms with Crippen molar-refractivity contribution in [3.63, 3.8) is 0 Å². The molecular weight excluding hydrogens is 532 g/mol. The van der Waals surface area contributed by atoms with E-state index in [0.29, 0.717) is 17.1 Å². The van der Waals surface area contributed by atoms with Crippen molar-refractivity contribution in [3.8, 4) is 10.4 Å². The highest BCUT2D eigenvalue weighted by Crippen LogP contribution is 2.35. The van der Waals surface area contributed by atoms with Crippen LogP contribution in [0.3, 0.4) is 0 Å². The predicted molar refractivity (Wildman–Crippen MR) is 146 cm³/mol. The molecule has 188 valence electrons. The Bertz CT molecular complexity index is 1660. The number of aryl methyl sites for hydroxylation is 1. The highest BCUT2D eigenvalue weighted by atomic mass is 35.5. The van der Waals surface area contributed by atoms with Gasteiger partial charge in [-0.2, -0.15) is 0 Å². The summed E-state index contributed by atoms with van der Waals surface area (Å²) < 4.78 is 28.1. The Kier molecular flexibility index (Phi) is 6.53. The van der Waals surface area contributed by atoms with Gasteiger partial charge in [-0.05, 0) is 85.1 Å². The number of aromatic carboxylic acids is 1. The molecule has 0 radical (unpaired) electrons. The lowest BCUT2D eigenvalue weighted by molar-refractivity contribution is 0.0698. The molecule has 0 unspecified atom stereocenters. The number of carbonyl (C=O) groups excluding carboxylic acids is 1. The number of halogens is 1. The summed E-state index contributed by atoms with van der Waals surface area (Å²) in [5.74, 6) is -1.80. The number of thiophene rings is 1. The Labute approximate surface area is 223 Å². The van der Waals surface area contributed by atoms with Gasteiger partial charge in [0.15, 0.2) is 0 Å². The van der Waals surface area contributed by atoms with E-state index in [9.17, 15) is 23.1 Å². The van der Waals surface area contributed by atoms with Crippen molar-refractivity contribution in [1.82, 2.24) is 0 Å². The maximum atomic E-state index is 13.4. The second-order valence-corrected chi connectivity index (χ2v) is 12.1. The normalized spacial score (nSPS) is 12.9. The van der Waals surface area contributed by atoms with Crippen molar-refractivity contribution in [3.05, 3.63) is 99.4 Å². The van der Waals surface area contributed by atoms with Gasteiger partial charge in [-0.15, -0.1) is 11.3 Å². The fourth-order valence-electron chi connectivity index (χ4n) is 4.28. The highest BCUT2D eigenvalue weighted by molar-refractivity contribution is 7.92. The molecule has 5 rings (SSSR count). The minimum absolute atomic E-state index is 0.0372. The standard InChI is InChI=1S/C27H21ClN2O5S2/c1-16-5-10-25(36-16)18-6-8-23(22(15-18)27(32)33)29-26(31)19-3-2-4-21(14-19)37(34,35)30-12-11-17-13-20(28)7-9-24(17)30/h2-10,13-15H,11-12H2,1H3,(H,29,31)(H,32,33). The van der Waals surface area contributed by atoms with Crippen LogP contribution in [0.5, 0.6) is 0 Å². The van der Waals surface area contributed by atoms with Crippen molar-refractivity contribution in [2.75, 3.05) is 16.2 Å². The molecule has 3 aromatic carbocycles. The maximum Gasteiger partial charge on any atom is 0.337 e. The first kappa shape index (κ1) is 25.0. The van der Waals surface area contributed by atoms with E-state index in [4.69, 9.17) is 11.6 Å². The Balaban J connectivity index is 1.42. The van der Waals surface area contributed by atoms with Crippen LogP contribution in [0.25, 0.3) is 10.4 Å². The van der Waals surface area contributed by atoms with Crippen molar-refractivity contribution < 1.29 is 23.1 Å². The van der Waals surface area contributed by atoms with Crippen LogP contribution in [0, 0.1) is 6.92 Å². The van der Waals surface area contributed by atoms with Crippen LogP contribution >= 0.6 is 22.9 Å². The zero-order valence-corrected chi connectivity index (χ0v) is 22.0. The lowest BCUT2D eigenvalue weighted by Gasteiger charge is -2.20. The largest absolute Gasteiger partial charge is 0.478 e. The Morgan fingerprint density at radius 1 is 1.03 bits per heavy atom. The molecule has 0 fully saturated rings. The molecule has 4 aromatic rings. The lowest BCUT2D eigenvalue weighted by atomic mass is 10.1. The van der Waals surface area contributed by atoms with Gasteiger partial charge in [0.2, 0.25) is 0 Å². The number of benzene rings is 3. The number of carbonyl (C=O) groups is 2. The number of hydrogen-bond donors (Lipinski definition) is 2. The van der Waals surface area contributed by atoms with Gasteiger partial charge in [-0.1, -0.05) is 23.7 Å². The van der Waals surface area contributed by atoms with Crippen LogP contribution in [0.2, 0.25) is 5.02 Å². The number of carboxylic acid groups (broad SMARTS) is 1. The van der Waals surface area contributed by atoms with E-state index in [1.54, 1.807) is 41.7 Å². The van der Waals surface area contributed by atoms with E-state index in [1.807, 2.05) is 19.1 Å². The molecule has 2 N–H and O–H groups in total. The van der Waals surface area contributed by atoms with Crippen LogP contribution < -0.4 is 9.62 Å². The van der Waals surface area contributed by atoms with Crippen LogP contribution in [-0.2, 0) is 16.4 Å². The summed E-state index contributed by atoms with van der Waals surface area (Å²) in [5, 5.41) is 12.9. The smallest absolute Gasteiger partial charge is 0.337 e. The summed E-state index contributed by atoms with van der Waals surface area (Å²) >= 11 is 7.59. The van der Waals surface area contributed by atoms with Crippen LogP contribution in [0.15, 0.2) is 77.7 Å². The van der Waals surface area contributed by atoms with Gasteiger partial charge in [0.05, 0.1) is 21.8 Å². The maximum absolute atomic E-state index is 13.4. The molecule has 1 amide bonds. The number of anilines is 2. The van der Waals surface area contributed by atoms with Crippen LogP contribution in [0.1, 0.15) is 31.2 Å². The van der Waals surface area contributed by atoms with Crippen molar-refractivity contribution >= 4 is 56.2 Å². The Morgan fingerprint density at radius 2 is 1.84 bits per heavy atom. The van der Waals surface area contributed by atoms with Crippen molar-refractivity contribution in [2.24, 2.45) is 0 Å². The number of sulfonamides is 1. The number of nitrogens with one attached hydrogen (secondary N) is 1. The van der Waals surface area contributed by atoms with E-state index in [2.05, 4.69) is 5.32 Å². The molecule has 0 spiro atoms. The number of fused-ring (bicyclic) bond motifs is 1. The third-order valence-corrected chi connectivity index (χ3v) is 9.20. The second-order valence-electron chi connectivity index (χ2n) is 8.56. The van der Waals surface area contributed by atoms with Gasteiger partial charge in [0, 0.05) is 26.9 Å². The van der Waals surface area contributed by atoms with Gasteiger partial charge >= 0.3 is 5.97 Å². The zero-order chi connectivity index (χ0) is 26.3. The molecule has 0 saturated heterocycles. The number of carboxylic acids is 1. The first-order valence-corrected chi connectivity index (χ1v) is 13.9. The summed E-state index contributed by atoms with van der Waals surface area (Å²) in [6.45, 7) is 2.24.